The molecule has 5 nitrogen and oxygen atoms in total. The van der Waals surface area contributed by atoms with Crippen molar-refractivity contribution in [1.82, 2.24) is 4.90 Å². The molecule has 0 unspecified atom stereocenters. The van der Waals surface area contributed by atoms with E-state index >= 15 is 0 Å². The zero-order chi connectivity index (χ0) is 19.7. The van der Waals surface area contributed by atoms with Gasteiger partial charge in [-0.3, -0.25) is 9.69 Å². The third kappa shape index (κ3) is 3.35. The fourth-order valence-corrected chi connectivity index (χ4v) is 4.65. The van der Waals surface area contributed by atoms with E-state index in [1.54, 1.807) is 14.2 Å². The lowest BCUT2D eigenvalue weighted by atomic mass is 10.0. The number of nitrogens with zero attached hydrogens (tertiary/aromatic N) is 2. The summed E-state index contributed by atoms with van der Waals surface area (Å²) in [5, 5.41) is 0. The number of para-hydroxylation sites is 1. The predicted molar refractivity (Wildman–Crippen MR) is 110 cm³/mol. The largest absolute Gasteiger partial charge is 0.493 e. The summed E-state index contributed by atoms with van der Waals surface area (Å²) < 4.78 is 10.8. The molecule has 2 aliphatic rings. The number of fused-ring (bicyclic) bond motifs is 1. The van der Waals surface area contributed by atoms with Crippen molar-refractivity contribution in [2.24, 2.45) is 0 Å². The molecule has 28 heavy (non-hydrogen) atoms. The smallest absolute Gasteiger partial charge is 0.241 e. The van der Waals surface area contributed by atoms with Crippen LogP contribution in [0.4, 0.5) is 5.69 Å². The number of hydrogen-bond donors (Lipinski definition) is 0. The van der Waals surface area contributed by atoms with Crippen LogP contribution in [0.3, 0.4) is 0 Å². The summed E-state index contributed by atoms with van der Waals surface area (Å²) in [5.41, 5.74) is 3.51. The molecule has 2 aromatic rings. The van der Waals surface area contributed by atoms with Crippen LogP contribution in [-0.2, 0) is 11.2 Å². The molecule has 0 radical (unpaired) electrons. The Bertz CT molecular complexity index is 867. The standard InChI is InChI=1S/C23H28N2O3/c1-16-13-17-7-4-5-8-20(17)25(16)23(26)15-24-12-6-9-19(24)18-10-11-21(27-2)22(14-18)28-3/h4-5,7-8,10-11,14,16,19H,6,9,12-13,15H2,1-3H3/t16-,19+/m1/s1. The van der Waals surface area contributed by atoms with Crippen LogP contribution in [0.2, 0.25) is 0 Å². The summed E-state index contributed by atoms with van der Waals surface area (Å²) in [4.78, 5) is 17.5. The molecule has 2 atom stereocenters. The number of anilines is 1. The normalized spacial score (nSPS) is 21.6. The van der Waals surface area contributed by atoms with E-state index in [1.807, 2.05) is 29.2 Å². The maximum absolute atomic E-state index is 13.2. The molecule has 2 aliphatic heterocycles. The molecule has 1 amide bonds. The maximum Gasteiger partial charge on any atom is 0.241 e. The number of rotatable bonds is 5. The Morgan fingerprint density at radius 2 is 1.89 bits per heavy atom. The number of ether oxygens (including phenoxy) is 2. The van der Waals surface area contributed by atoms with E-state index in [1.165, 1.54) is 11.1 Å². The number of benzene rings is 2. The summed E-state index contributed by atoms with van der Waals surface area (Å²) in [6, 6.07) is 14.8. The molecular formula is C23H28N2O3. The van der Waals surface area contributed by atoms with Crippen LogP contribution >= 0.6 is 0 Å². The highest BCUT2D eigenvalue weighted by molar-refractivity contribution is 5.97. The SMILES string of the molecule is COc1ccc([C@@H]2CCCN2CC(=O)N2c3ccccc3C[C@H]2C)cc1OC. The predicted octanol–water partition coefficient (Wildman–Crippen LogP) is 3.82. The Morgan fingerprint density at radius 1 is 1.11 bits per heavy atom. The lowest BCUT2D eigenvalue weighted by molar-refractivity contribution is -0.120. The molecule has 1 saturated heterocycles. The van der Waals surface area contributed by atoms with Gasteiger partial charge < -0.3 is 14.4 Å². The first-order valence-electron chi connectivity index (χ1n) is 9.98. The van der Waals surface area contributed by atoms with Gasteiger partial charge in [0.15, 0.2) is 11.5 Å². The minimum absolute atomic E-state index is 0.185. The van der Waals surface area contributed by atoms with E-state index in [4.69, 9.17) is 9.47 Å². The molecule has 1 fully saturated rings. The molecule has 0 bridgehead atoms. The highest BCUT2D eigenvalue weighted by atomic mass is 16.5. The Morgan fingerprint density at radius 3 is 2.68 bits per heavy atom. The second kappa shape index (κ2) is 7.84. The number of likely N-dealkylation sites (tertiary alicyclic amines) is 1. The molecule has 148 valence electrons. The number of hydrogen-bond acceptors (Lipinski definition) is 4. The Labute approximate surface area is 166 Å². The van der Waals surface area contributed by atoms with E-state index in [2.05, 4.69) is 30.0 Å². The topological polar surface area (TPSA) is 42.0 Å². The Kier molecular flexibility index (Phi) is 5.27. The van der Waals surface area contributed by atoms with Gasteiger partial charge in [-0.15, -0.1) is 0 Å². The van der Waals surface area contributed by atoms with Gasteiger partial charge in [-0.05, 0) is 62.1 Å². The van der Waals surface area contributed by atoms with Crippen LogP contribution in [0.1, 0.15) is 36.9 Å². The van der Waals surface area contributed by atoms with Crippen molar-refractivity contribution in [2.45, 2.75) is 38.3 Å². The Balaban J connectivity index is 1.53. The van der Waals surface area contributed by atoms with Gasteiger partial charge >= 0.3 is 0 Å². The van der Waals surface area contributed by atoms with E-state index in [-0.39, 0.29) is 18.0 Å². The summed E-state index contributed by atoms with van der Waals surface area (Å²) in [6.07, 6.45) is 3.08. The highest BCUT2D eigenvalue weighted by Crippen LogP contribution is 2.37. The van der Waals surface area contributed by atoms with Crippen LogP contribution in [0, 0.1) is 0 Å². The molecule has 2 aromatic carbocycles. The number of amides is 1. The fraction of sp³-hybridized carbons (Fsp3) is 0.435. The molecule has 0 N–H and O–H groups in total. The molecular weight excluding hydrogens is 352 g/mol. The number of carbonyl (C=O) groups excluding carboxylic acids is 1. The van der Waals surface area contributed by atoms with Gasteiger partial charge in [-0.2, -0.15) is 0 Å². The minimum Gasteiger partial charge on any atom is -0.493 e. The highest BCUT2D eigenvalue weighted by Gasteiger charge is 2.34. The second-order valence-electron chi connectivity index (χ2n) is 7.69. The summed E-state index contributed by atoms with van der Waals surface area (Å²) in [5.74, 6) is 1.65. The summed E-state index contributed by atoms with van der Waals surface area (Å²) in [6.45, 7) is 3.51. The third-order valence-corrected chi connectivity index (χ3v) is 5.97. The number of methoxy groups -OCH3 is 2. The summed E-state index contributed by atoms with van der Waals surface area (Å²) >= 11 is 0. The van der Waals surface area contributed by atoms with E-state index < -0.39 is 0 Å². The molecule has 5 heteroatoms. The zero-order valence-corrected chi connectivity index (χ0v) is 16.9. The van der Waals surface area contributed by atoms with Gasteiger partial charge in [-0.1, -0.05) is 24.3 Å². The molecule has 2 heterocycles. The first kappa shape index (κ1) is 18.8. The maximum atomic E-state index is 13.2. The van der Waals surface area contributed by atoms with E-state index in [9.17, 15) is 4.79 Å². The van der Waals surface area contributed by atoms with Gasteiger partial charge in [0.05, 0.1) is 20.8 Å². The monoisotopic (exact) mass is 380 g/mol. The Hall–Kier alpha value is -2.53. The van der Waals surface area contributed by atoms with Crippen LogP contribution in [0.15, 0.2) is 42.5 Å². The minimum atomic E-state index is 0.185. The van der Waals surface area contributed by atoms with E-state index in [0.29, 0.717) is 6.54 Å². The molecule has 0 spiro atoms. The van der Waals surface area contributed by atoms with Crippen molar-refractivity contribution < 1.29 is 14.3 Å². The molecule has 0 aliphatic carbocycles. The van der Waals surface area contributed by atoms with E-state index in [0.717, 1.165) is 43.0 Å². The average Bonchev–Trinajstić information content (AvgIpc) is 3.30. The van der Waals surface area contributed by atoms with Crippen molar-refractivity contribution in [2.75, 3.05) is 32.2 Å². The van der Waals surface area contributed by atoms with Gasteiger partial charge in [-0.25, -0.2) is 0 Å². The van der Waals surface area contributed by atoms with Crippen LogP contribution in [0.25, 0.3) is 0 Å². The first-order valence-corrected chi connectivity index (χ1v) is 9.98. The average molecular weight is 380 g/mol. The van der Waals surface area contributed by atoms with Crippen molar-refractivity contribution in [3.8, 4) is 11.5 Å². The van der Waals surface area contributed by atoms with Crippen molar-refractivity contribution >= 4 is 11.6 Å². The second-order valence-corrected chi connectivity index (χ2v) is 7.69. The van der Waals surface area contributed by atoms with Gasteiger partial charge in [0.2, 0.25) is 5.91 Å². The zero-order valence-electron chi connectivity index (χ0n) is 16.9. The van der Waals surface area contributed by atoms with Crippen LogP contribution in [-0.4, -0.2) is 44.2 Å². The first-order chi connectivity index (χ1) is 13.6. The van der Waals surface area contributed by atoms with Gasteiger partial charge in [0, 0.05) is 17.8 Å². The molecule has 4 rings (SSSR count). The van der Waals surface area contributed by atoms with Crippen molar-refractivity contribution in [3.63, 3.8) is 0 Å². The van der Waals surface area contributed by atoms with Gasteiger partial charge in [0.1, 0.15) is 0 Å². The van der Waals surface area contributed by atoms with Gasteiger partial charge in [0.25, 0.3) is 0 Å². The van der Waals surface area contributed by atoms with Crippen LogP contribution < -0.4 is 14.4 Å². The summed E-state index contributed by atoms with van der Waals surface area (Å²) in [7, 11) is 3.30. The van der Waals surface area contributed by atoms with Crippen molar-refractivity contribution in [3.05, 3.63) is 53.6 Å². The third-order valence-electron chi connectivity index (χ3n) is 5.97. The molecule has 0 aromatic heterocycles. The lowest BCUT2D eigenvalue weighted by Crippen LogP contribution is -2.43. The quantitative estimate of drug-likeness (QED) is 0.791. The lowest BCUT2D eigenvalue weighted by Gasteiger charge is -2.29. The number of carbonyl (C=O) groups is 1. The molecule has 0 saturated carbocycles. The van der Waals surface area contributed by atoms with Crippen LogP contribution in [0.5, 0.6) is 11.5 Å². The van der Waals surface area contributed by atoms with Crippen molar-refractivity contribution in [1.29, 1.82) is 0 Å². The fourth-order valence-electron chi connectivity index (χ4n) is 4.65.